The first-order chi connectivity index (χ1) is 19.5. The van der Waals surface area contributed by atoms with Gasteiger partial charge in [-0.15, -0.1) is 0 Å². The minimum atomic E-state index is -0.279. The van der Waals surface area contributed by atoms with Crippen molar-refractivity contribution in [2.45, 2.75) is 25.9 Å². The molecule has 202 valence electrons. The number of amides is 2. The number of urea groups is 1. The SMILES string of the molecule is Cc1nn(-c2ccccc2)c2c1CN(C(=O)NCCc1ccccc1)[C@H](c1ccc(N(C)C)cc1)c1cccn1-2. The Bertz CT molecular complexity index is 1600. The monoisotopic (exact) mass is 530 g/mol. The summed E-state index contributed by atoms with van der Waals surface area (Å²) in [7, 11) is 4.07. The zero-order valence-corrected chi connectivity index (χ0v) is 23.2. The zero-order valence-electron chi connectivity index (χ0n) is 23.2. The topological polar surface area (TPSA) is 58.3 Å². The maximum Gasteiger partial charge on any atom is 0.318 e. The number of carbonyl (C=O) groups is 1. The van der Waals surface area contributed by atoms with Crippen LogP contribution >= 0.6 is 0 Å². The third-order valence-corrected chi connectivity index (χ3v) is 7.61. The number of benzene rings is 3. The molecular formula is C33H34N6O. The number of aromatic nitrogens is 3. The van der Waals surface area contributed by atoms with Gasteiger partial charge in [0.25, 0.3) is 0 Å². The van der Waals surface area contributed by atoms with Crippen LogP contribution in [0.25, 0.3) is 11.5 Å². The predicted molar refractivity (Wildman–Crippen MR) is 159 cm³/mol. The minimum absolute atomic E-state index is 0.0925. The van der Waals surface area contributed by atoms with E-state index in [9.17, 15) is 4.79 Å². The predicted octanol–water partition coefficient (Wildman–Crippen LogP) is 5.89. The van der Waals surface area contributed by atoms with E-state index in [-0.39, 0.29) is 12.1 Å². The lowest BCUT2D eigenvalue weighted by molar-refractivity contribution is 0.180. The molecule has 0 fully saturated rings. The molecule has 0 bridgehead atoms. The number of nitrogens with one attached hydrogen (secondary N) is 1. The van der Waals surface area contributed by atoms with Crippen LogP contribution in [0, 0.1) is 6.92 Å². The molecule has 0 spiro atoms. The van der Waals surface area contributed by atoms with E-state index >= 15 is 0 Å². The van der Waals surface area contributed by atoms with Crippen LogP contribution in [0.15, 0.2) is 103 Å². The molecule has 5 aromatic rings. The Morgan fingerprint density at radius 2 is 1.62 bits per heavy atom. The molecule has 0 aliphatic carbocycles. The van der Waals surface area contributed by atoms with Crippen molar-refractivity contribution >= 4 is 11.7 Å². The molecule has 0 saturated heterocycles. The normalized spacial score (nSPS) is 14.3. The fourth-order valence-electron chi connectivity index (χ4n) is 5.51. The molecule has 7 nitrogen and oxygen atoms in total. The number of rotatable bonds is 6. The highest BCUT2D eigenvalue weighted by Crippen LogP contribution is 2.38. The Kier molecular flexibility index (Phi) is 6.86. The van der Waals surface area contributed by atoms with Crippen molar-refractivity contribution in [1.82, 2.24) is 24.6 Å². The van der Waals surface area contributed by atoms with Crippen LogP contribution in [0.4, 0.5) is 10.5 Å². The molecule has 6 rings (SSSR count). The summed E-state index contributed by atoms with van der Waals surface area (Å²) in [6, 6.07) is 32.7. The maximum absolute atomic E-state index is 14.0. The molecule has 0 saturated carbocycles. The first-order valence-corrected chi connectivity index (χ1v) is 13.7. The Morgan fingerprint density at radius 1 is 0.925 bits per heavy atom. The van der Waals surface area contributed by atoms with Gasteiger partial charge in [0.15, 0.2) is 0 Å². The third kappa shape index (κ3) is 4.75. The van der Waals surface area contributed by atoms with Crippen LogP contribution in [0.3, 0.4) is 0 Å². The molecule has 40 heavy (non-hydrogen) atoms. The summed E-state index contributed by atoms with van der Waals surface area (Å²) < 4.78 is 4.20. The molecule has 1 aliphatic heterocycles. The summed E-state index contributed by atoms with van der Waals surface area (Å²) in [4.78, 5) is 18.0. The van der Waals surface area contributed by atoms with Crippen molar-refractivity contribution in [3.05, 3.63) is 131 Å². The zero-order chi connectivity index (χ0) is 27.6. The Labute approximate surface area is 235 Å². The first-order valence-electron chi connectivity index (χ1n) is 13.7. The number of fused-ring (bicyclic) bond motifs is 3. The third-order valence-electron chi connectivity index (χ3n) is 7.61. The van der Waals surface area contributed by atoms with Crippen LogP contribution in [-0.4, -0.2) is 45.9 Å². The van der Waals surface area contributed by atoms with Gasteiger partial charge in [0.2, 0.25) is 0 Å². The molecule has 7 heteroatoms. The van der Waals surface area contributed by atoms with E-state index < -0.39 is 0 Å². The molecule has 3 heterocycles. The van der Waals surface area contributed by atoms with Gasteiger partial charge in [0.05, 0.1) is 29.7 Å². The van der Waals surface area contributed by atoms with Crippen LogP contribution in [0.1, 0.15) is 34.1 Å². The average Bonchev–Trinajstić information content (AvgIpc) is 3.54. The van der Waals surface area contributed by atoms with Gasteiger partial charge in [-0.1, -0.05) is 60.7 Å². The highest BCUT2D eigenvalue weighted by Gasteiger charge is 2.35. The van der Waals surface area contributed by atoms with E-state index in [1.165, 1.54) is 5.56 Å². The standard InChI is InChI=1S/C33H34N6O/c1-24-29-23-38(33(40)34-21-20-25-11-6-4-7-12-25)31(26-16-18-27(19-17-26)36(2)3)30-15-10-22-37(30)32(29)39(35-24)28-13-8-5-9-14-28/h4-19,22,31H,20-21,23H2,1-3H3,(H,34,40)/t31-/m1/s1. The lowest BCUT2D eigenvalue weighted by Crippen LogP contribution is -2.42. The van der Waals surface area contributed by atoms with Crippen molar-refractivity contribution < 1.29 is 4.79 Å². The summed E-state index contributed by atoms with van der Waals surface area (Å²) in [5.41, 5.74) is 7.32. The second-order valence-electron chi connectivity index (χ2n) is 10.4. The Balaban J connectivity index is 1.43. The molecule has 3 aromatic carbocycles. The molecule has 1 N–H and O–H groups in total. The van der Waals surface area contributed by atoms with Crippen LogP contribution in [0.2, 0.25) is 0 Å². The summed E-state index contributed by atoms with van der Waals surface area (Å²) in [6.45, 7) is 3.02. The van der Waals surface area contributed by atoms with Crippen LogP contribution < -0.4 is 10.2 Å². The van der Waals surface area contributed by atoms with Gasteiger partial charge in [0.1, 0.15) is 5.82 Å². The summed E-state index contributed by atoms with van der Waals surface area (Å²) in [5, 5.41) is 8.15. The van der Waals surface area contributed by atoms with E-state index in [0.717, 1.165) is 46.1 Å². The van der Waals surface area contributed by atoms with Crippen molar-refractivity contribution in [2.75, 3.05) is 25.5 Å². The summed E-state index contributed by atoms with van der Waals surface area (Å²) in [6.07, 6.45) is 2.85. The quantitative estimate of drug-likeness (QED) is 0.298. The van der Waals surface area contributed by atoms with Gasteiger partial charge in [-0.2, -0.15) is 5.10 Å². The van der Waals surface area contributed by atoms with Gasteiger partial charge < -0.3 is 19.7 Å². The lowest BCUT2D eigenvalue weighted by Gasteiger charge is -2.31. The van der Waals surface area contributed by atoms with E-state index in [1.807, 2.05) is 67.0 Å². The molecule has 0 unspecified atom stereocenters. The van der Waals surface area contributed by atoms with E-state index in [2.05, 4.69) is 81.6 Å². The second-order valence-corrected chi connectivity index (χ2v) is 10.4. The highest BCUT2D eigenvalue weighted by molar-refractivity contribution is 5.76. The van der Waals surface area contributed by atoms with Crippen molar-refractivity contribution in [3.8, 4) is 11.5 Å². The van der Waals surface area contributed by atoms with Crippen molar-refractivity contribution in [1.29, 1.82) is 0 Å². The van der Waals surface area contributed by atoms with Gasteiger partial charge >= 0.3 is 6.03 Å². The molecule has 2 aromatic heterocycles. The first kappa shape index (κ1) is 25.5. The van der Waals surface area contributed by atoms with E-state index in [4.69, 9.17) is 5.10 Å². The minimum Gasteiger partial charge on any atom is -0.378 e. The van der Waals surface area contributed by atoms with Crippen molar-refractivity contribution in [2.24, 2.45) is 0 Å². The number of hydrogen-bond acceptors (Lipinski definition) is 3. The molecular weight excluding hydrogens is 496 g/mol. The number of aryl methyl sites for hydroxylation is 1. The molecule has 0 radical (unpaired) electrons. The fraction of sp³-hybridized carbons (Fsp3) is 0.212. The smallest absolute Gasteiger partial charge is 0.318 e. The Hall–Kier alpha value is -4.78. The maximum atomic E-state index is 14.0. The van der Waals surface area contributed by atoms with Crippen LogP contribution in [0.5, 0.6) is 0 Å². The Morgan fingerprint density at radius 3 is 2.33 bits per heavy atom. The van der Waals surface area contributed by atoms with E-state index in [1.54, 1.807) is 0 Å². The number of para-hydroxylation sites is 1. The van der Waals surface area contributed by atoms with Gasteiger partial charge in [0, 0.05) is 38.1 Å². The fourth-order valence-corrected chi connectivity index (χ4v) is 5.51. The molecule has 1 atom stereocenters. The molecule has 1 aliphatic rings. The average molecular weight is 531 g/mol. The highest BCUT2D eigenvalue weighted by atomic mass is 16.2. The summed E-state index contributed by atoms with van der Waals surface area (Å²) in [5.74, 6) is 0.971. The van der Waals surface area contributed by atoms with E-state index in [0.29, 0.717) is 13.1 Å². The van der Waals surface area contributed by atoms with Gasteiger partial charge in [-0.3, -0.25) is 0 Å². The largest absolute Gasteiger partial charge is 0.378 e. The number of anilines is 1. The van der Waals surface area contributed by atoms with Crippen LogP contribution in [-0.2, 0) is 13.0 Å². The summed E-state index contributed by atoms with van der Waals surface area (Å²) >= 11 is 0. The van der Waals surface area contributed by atoms with Crippen molar-refractivity contribution in [3.63, 3.8) is 0 Å². The second kappa shape index (κ2) is 10.8. The lowest BCUT2D eigenvalue weighted by atomic mass is 10.0. The van der Waals surface area contributed by atoms with Gasteiger partial charge in [-0.25, -0.2) is 9.48 Å². The van der Waals surface area contributed by atoms with Gasteiger partial charge in [-0.05, 0) is 60.9 Å². The number of hydrogen-bond donors (Lipinski definition) is 1. The number of nitrogens with zero attached hydrogens (tertiary/aromatic N) is 5. The molecule has 2 amide bonds. The number of carbonyl (C=O) groups excluding carboxylic acids is 1.